The number of methoxy groups -OCH3 is 2. The van der Waals surface area contributed by atoms with Gasteiger partial charge in [-0.05, 0) is 12.1 Å². The van der Waals surface area contributed by atoms with E-state index in [1.165, 1.54) is 4.80 Å². The number of ether oxygens (including phenoxy) is 2. The lowest BCUT2D eigenvalue weighted by Gasteiger charge is -2.23. The SMILES string of the molecule is COc1cc(OC)nc(N2CC3CN(C(=O)c4ccccc4-n4nccn4)CC3C2)c1. The van der Waals surface area contributed by atoms with Crippen LogP contribution >= 0.6 is 0 Å². The molecule has 160 valence electrons. The van der Waals surface area contributed by atoms with Crippen molar-refractivity contribution in [2.45, 2.75) is 0 Å². The Morgan fingerprint density at radius 2 is 1.68 bits per heavy atom. The molecule has 2 aliphatic heterocycles. The highest BCUT2D eigenvalue weighted by molar-refractivity contribution is 5.97. The van der Waals surface area contributed by atoms with Crippen LogP contribution in [0.5, 0.6) is 11.6 Å². The Kier molecular flexibility index (Phi) is 4.93. The molecule has 0 bridgehead atoms. The number of likely N-dealkylation sites (tertiary alicyclic amines) is 1. The van der Waals surface area contributed by atoms with Gasteiger partial charge in [-0.1, -0.05) is 12.1 Å². The normalized spacial score (nSPS) is 20.1. The molecule has 0 spiro atoms. The molecule has 1 amide bonds. The Balaban J connectivity index is 1.31. The third-order valence-corrected chi connectivity index (χ3v) is 6.07. The molecule has 2 saturated heterocycles. The summed E-state index contributed by atoms with van der Waals surface area (Å²) >= 11 is 0. The van der Waals surface area contributed by atoms with E-state index < -0.39 is 0 Å². The molecule has 5 rings (SSSR count). The molecule has 0 N–H and O–H groups in total. The van der Waals surface area contributed by atoms with Crippen molar-refractivity contribution in [2.75, 3.05) is 45.3 Å². The topological polar surface area (TPSA) is 85.6 Å². The predicted octanol–water partition coefficient (Wildman–Crippen LogP) is 1.89. The Morgan fingerprint density at radius 1 is 0.968 bits per heavy atom. The largest absolute Gasteiger partial charge is 0.496 e. The fraction of sp³-hybridized carbons (Fsp3) is 0.364. The van der Waals surface area contributed by atoms with Gasteiger partial charge in [-0.3, -0.25) is 4.79 Å². The molecule has 0 saturated carbocycles. The van der Waals surface area contributed by atoms with E-state index in [1.54, 1.807) is 32.7 Å². The number of para-hydroxylation sites is 1. The van der Waals surface area contributed by atoms with E-state index in [9.17, 15) is 4.79 Å². The van der Waals surface area contributed by atoms with Crippen LogP contribution in [-0.2, 0) is 0 Å². The highest BCUT2D eigenvalue weighted by Gasteiger charge is 2.42. The summed E-state index contributed by atoms with van der Waals surface area (Å²) in [6.45, 7) is 3.14. The van der Waals surface area contributed by atoms with E-state index in [1.807, 2.05) is 35.2 Å². The maximum atomic E-state index is 13.3. The van der Waals surface area contributed by atoms with E-state index in [-0.39, 0.29) is 5.91 Å². The number of hydrogen-bond acceptors (Lipinski definition) is 7. The quantitative estimate of drug-likeness (QED) is 0.623. The second-order valence-electron chi connectivity index (χ2n) is 7.88. The summed E-state index contributed by atoms with van der Waals surface area (Å²) in [6, 6.07) is 11.2. The summed E-state index contributed by atoms with van der Waals surface area (Å²) in [4.78, 5) is 23.6. The Labute approximate surface area is 180 Å². The number of pyridine rings is 1. The first-order valence-electron chi connectivity index (χ1n) is 10.3. The lowest BCUT2D eigenvalue weighted by molar-refractivity contribution is 0.0782. The number of hydrogen-bond donors (Lipinski definition) is 0. The Bertz CT molecular complexity index is 1050. The smallest absolute Gasteiger partial charge is 0.256 e. The molecule has 3 aromatic rings. The Morgan fingerprint density at radius 3 is 2.35 bits per heavy atom. The van der Waals surface area contributed by atoms with Gasteiger partial charge in [0.15, 0.2) is 0 Å². The fourth-order valence-electron chi connectivity index (χ4n) is 4.54. The minimum absolute atomic E-state index is 0.0232. The second-order valence-corrected chi connectivity index (χ2v) is 7.88. The highest BCUT2D eigenvalue weighted by atomic mass is 16.5. The first kappa shape index (κ1) is 19.3. The van der Waals surface area contributed by atoms with Gasteiger partial charge in [-0.25, -0.2) is 0 Å². The molecule has 2 unspecified atom stereocenters. The number of carbonyl (C=O) groups excluding carboxylic acids is 1. The number of amides is 1. The predicted molar refractivity (Wildman–Crippen MR) is 114 cm³/mol. The summed E-state index contributed by atoms with van der Waals surface area (Å²) in [5.74, 6) is 2.93. The first-order chi connectivity index (χ1) is 15.2. The van der Waals surface area contributed by atoms with Crippen LogP contribution in [0.1, 0.15) is 10.4 Å². The van der Waals surface area contributed by atoms with Crippen molar-refractivity contribution in [3.63, 3.8) is 0 Å². The third-order valence-electron chi connectivity index (χ3n) is 6.07. The maximum absolute atomic E-state index is 13.3. The van der Waals surface area contributed by atoms with Gasteiger partial charge in [-0.2, -0.15) is 20.0 Å². The molecular formula is C22H24N6O3. The molecule has 0 radical (unpaired) electrons. The molecule has 1 aromatic carbocycles. The van der Waals surface area contributed by atoms with Gasteiger partial charge in [0.1, 0.15) is 11.6 Å². The van der Waals surface area contributed by atoms with Crippen molar-refractivity contribution in [3.05, 3.63) is 54.4 Å². The molecule has 2 aliphatic rings. The van der Waals surface area contributed by atoms with Crippen LogP contribution in [0.3, 0.4) is 0 Å². The molecule has 31 heavy (non-hydrogen) atoms. The molecule has 2 aromatic heterocycles. The number of anilines is 1. The van der Waals surface area contributed by atoms with Crippen LogP contribution in [-0.4, -0.2) is 71.2 Å². The van der Waals surface area contributed by atoms with E-state index in [0.29, 0.717) is 29.0 Å². The number of nitrogens with zero attached hydrogens (tertiary/aromatic N) is 6. The molecular weight excluding hydrogens is 396 g/mol. The van der Waals surface area contributed by atoms with Crippen molar-refractivity contribution in [1.82, 2.24) is 24.9 Å². The molecule has 0 aliphatic carbocycles. The molecule has 4 heterocycles. The van der Waals surface area contributed by atoms with Crippen molar-refractivity contribution >= 4 is 11.7 Å². The standard InChI is InChI=1S/C22H24N6O3/c1-30-17-9-20(25-21(10-17)31-2)26-11-15-13-27(14-16(15)12-26)22(29)18-5-3-4-6-19(18)28-23-7-8-24-28/h3-10,15-16H,11-14H2,1-2H3. The van der Waals surface area contributed by atoms with E-state index in [0.717, 1.165) is 37.7 Å². The van der Waals surface area contributed by atoms with E-state index >= 15 is 0 Å². The number of benzene rings is 1. The van der Waals surface area contributed by atoms with Crippen LogP contribution in [0.25, 0.3) is 5.69 Å². The second kappa shape index (κ2) is 7.90. The van der Waals surface area contributed by atoms with Gasteiger partial charge >= 0.3 is 0 Å². The van der Waals surface area contributed by atoms with Gasteiger partial charge in [0.25, 0.3) is 5.91 Å². The summed E-state index contributed by atoms with van der Waals surface area (Å²) in [5.41, 5.74) is 1.32. The van der Waals surface area contributed by atoms with E-state index in [2.05, 4.69) is 20.1 Å². The molecule has 2 fully saturated rings. The minimum atomic E-state index is 0.0232. The number of rotatable bonds is 5. The molecule has 2 atom stereocenters. The van der Waals surface area contributed by atoms with Crippen molar-refractivity contribution in [3.8, 4) is 17.3 Å². The van der Waals surface area contributed by atoms with Crippen LogP contribution in [0.2, 0.25) is 0 Å². The third kappa shape index (κ3) is 3.56. The van der Waals surface area contributed by atoms with Crippen molar-refractivity contribution in [1.29, 1.82) is 0 Å². The number of carbonyl (C=O) groups is 1. The van der Waals surface area contributed by atoms with Gasteiger partial charge in [0.2, 0.25) is 5.88 Å². The zero-order valence-electron chi connectivity index (χ0n) is 17.5. The highest BCUT2D eigenvalue weighted by Crippen LogP contribution is 2.36. The average molecular weight is 420 g/mol. The zero-order valence-corrected chi connectivity index (χ0v) is 17.5. The zero-order chi connectivity index (χ0) is 21.4. The summed E-state index contributed by atoms with van der Waals surface area (Å²) < 4.78 is 10.7. The summed E-state index contributed by atoms with van der Waals surface area (Å²) in [7, 11) is 3.24. The van der Waals surface area contributed by atoms with Crippen LogP contribution < -0.4 is 14.4 Å². The maximum Gasteiger partial charge on any atom is 0.256 e. The Hall–Kier alpha value is -3.62. The molecule has 9 nitrogen and oxygen atoms in total. The summed E-state index contributed by atoms with van der Waals surface area (Å²) in [6.07, 6.45) is 3.22. The van der Waals surface area contributed by atoms with Gasteiger partial charge in [-0.15, -0.1) is 0 Å². The lowest BCUT2D eigenvalue weighted by Crippen LogP contribution is -2.34. The van der Waals surface area contributed by atoms with Gasteiger partial charge < -0.3 is 19.3 Å². The van der Waals surface area contributed by atoms with Gasteiger partial charge in [0.05, 0.1) is 37.9 Å². The monoisotopic (exact) mass is 420 g/mol. The average Bonchev–Trinajstić information content (AvgIpc) is 3.55. The van der Waals surface area contributed by atoms with E-state index in [4.69, 9.17) is 9.47 Å². The van der Waals surface area contributed by atoms with Crippen LogP contribution in [0.4, 0.5) is 5.82 Å². The minimum Gasteiger partial charge on any atom is -0.496 e. The molecule has 9 heteroatoms. The number of aromatic nitrogens is 4. The van der Waals surface area contributed by atoms with Crippen LogP contribution in [0, 0.1) is 11.8 Å². The van der Waals surface area contributed by atoms with Crippen molar-refractivity contribution < 1.29 is 14.3 Å². The lowest BCUT2D eigenvalue weighted by atomic mass is 10.0. The van der Waals surface area contributed by atoms with Crippen LogP contribution in [0.15, 0.2) is 48.8 Å². The summed E-state index contributed by atoms with van der Waals surface area (Å²) in [5, 5.41) is 8.37. The number of fused-ring (bicyclic) bond motifs is 1. The first-order valence-corrected chi connectivity index (χ1v) is 10.3. The van der Waals surface area contributed by atoms with Crippen molar-refractivity contribution in [2.24, 2.45) is 11.8 Å². The van der Waals surface area contributed by atoms with Gasteiger partial charge in [0, 0.05) is 50.1 Å². The fourth-order valence-corrected chi connectivity index (χ4v) is 4.54.